The topological polar surface area (TPSA) is 0 Å². The first kappa shape index (κ1) is 11.6. The SMILES string of the molecule is Cc1cc(CCC(F)(F)F)ccc1Br. The summed E-state index contributed by atoms with van der Waals surface area (Å²) >= 11 is 3.30. The summed E-state index contributed by atoms with van der Waals surface area (Å²) in [6, 6.07) is 5.26. The molecule has 1 aromatic rings. The zero-order chi connectivity index (χ0) is 10.8. The molecule has 0 nitrogen and oxygen atoms in total. The summed E-state index contributed by atoms with van der Waals surface area (Å²) in [5, 5.41) is 0. The molecule has 0 spiro atoms. The first-order valence-electron chi connectivity index (χ1n) is 4.20. The van der Waals surface area contributed by atoms with E-state index < -0.39 is 12.6 Å². The Labute approximate surface area is 89.3 Å². The fourth-order valence-corrected chi connectivity index (χ4v) is 1.39. The van der Waals surface area contributed by atoms with Gasteiger partial charge in [0, 0.05) is 10.9 Å². The number of alkyl halides is 3. The van der Waals surface area contributed by atoms with Crippen LogP contribution in [0.1, 0.15) is 17.5 Å². The molecule has 0 saturated heterocycles. The first-order valence-corrected chi connectivity index (χ1v) is 4.99. The van der Waals surface area contributed by atoms with E-state index in [0.717, 1.165) is 15.6 Å². The fourth-order valence-electron chi connectivity index (χ4n) is 1.15. The molecule has 0 fully saturated rings. The standard InChI is InChI=1S/C10H10BrF3/c1-7-6-8(2-3-9(7)11)4-5-10(12,13)14/h2-3,6H,4-5H2,1H3. The maximum Gasteiger partial charge on any atom is 0.389 e. The molecular formula is C10H10BrF3. The molecule has 0 aliphatic heterocycles. The van der Waals surface area contributed by atoms with Crippen molar-refractivity contribution in [2.24, 2.45) is 0 Å². The monoisotopic (exact) mass is 266 g/mol. The third-order valence-electron chi connectivity index (χ3n) is 1.92. The van der Waals surface area contributed by atoms with Gasteiger partial charge in [-0.25, -0.2) is 0 Å². The smallest absolute Gasteiger partial charge is 0.171 e. The molecule has 0 aromatic heterocycles. The minimum absolute atomic E-state index is 0.0532. The predicted molar refractivity (Wildman–Crippen MR) is 53.3 cm³/mol. The molecule has 78 valence electrons. The van der Waals surface area contributed by atoms with Crippen molar-refractivity contribution in [1.29, 1.82) is 0 Å². The lowest BCUT2D eigenvalue weighted by Crippen LogP contribution is -2.08. The molecule has 0 atom stereocenters. The van der Waals surface area contributed by atoms with Crippen LogP contribution in [0.3, 0.4) is 0 Å². The second-order valence-electron chi connectivity index (χ2n) is 3.20. The van der Waals surface area contributed by atoms with Gasteiger partial charge < -0.3 is 0 Å². The van der Waals surface area contributed by atoms with Gasteiger partial charge >= 0.3 is 6.18 Å². The Hall–Kier alpha value is -0.510. The van der Waals surface area contributed by atoms with Crippen LogP contribution in [-0.2, 0) is 6.42 Å². The second kappa shape index (κ2) is 4.34. The van der Waals surface area contributed by atoms with Gasteiger partial charge in [-0.3, -0.25) is 0 Å². The van der Waals surface area contributed by atoms with Crippen molar-refractivity contribution < 1.29 is 13.2 Å². The van der Waals surface area contributed by atoms with Crippen LogP contribution in [0, 0.1) is 6.92 Å². The Morgan fingerprint density at radius 1 is 1.29 bits per heavy atom. The van der Waals surface area contributed by atoms with Crippen LogP contribution in [0.2, 0.25) is 0 Å². The molecule has 0 heterocycles. The third-order valence-corrected chi connectivity index (χ3v) is 2.81. The van der Waals surface area contributed by atoms with E-state index in [1.807, 2.05) is 6.92 Å². The van der Waals surface area contributed by atoms with Crippen LogP contribution >= 0.6 is 15.9 Å². The Morgan fingerprint density at radius 3 is 2.43 bits per heavy atom. The summed E-state index contributed by atoms with van der Waals surface area (Å²) < 4.78 is 36.7. The lowest BCUT2D eigenvalue weighted by atomic mass is 10.1. The van der Waals surface area contributed by atoms with Crippen LogP contribution in [0.4, 0.5) is 13.2 Å². The maximum absolute atomic E-state index is 11.9. The van der Waals surface area contributed by atoms with Crippen molar-refractivity contribution in [1.82, 2.24) is 0 Å². The van der Waals surface area contributed by atoms with Gasteiger partial charge in [-0.1, -0.05) is 28.1 Å². The van der Waals surface area contributed by atoms with Gasteiger partial charge in [-0.15, -0.1) is 0 Å². The molecule has 1 rings (SSSR count). The Kier molecular flexibility index (Phi) is 3.59. The van der Waals surface area contributed by atoms with Crippen LogP contribution < -0.4 is 0 Å². The van der Waals surface area contributed by atoms with E-state index >= 15 is 0 Å². The highest BCUT2D eigenvalue weighted by atomic mass is 79.9. The summed E-state index contributed by atoms with van der Waals surface area (Å²) in [6.07, 6.45) is -4.77. The van der Waals surface area contributed by atoms with Crippen molar-refractivity contribution in [2.75, 3.05) is 0 Å². The van der Waals surface area contributed by atoms with E-state index in [1.165, 1.54) is 0 Å². The highest BCUT2D eigenvalue weighted by Crippen LogP contribution is 2.24. The average molecular weight is 267 g/mol. The maximum atomic E-state index is 11.9. The Morgan fingerprint density at radius 2 is 1.93 bits per heavy atom. The van der Waals surface area contributed by atoms with Gasteiger partial charge in [0.25, 0.3) is 0 Å². The van der Waals surface area contributed by atoms with E-state index in [1.54, 1.807) is 18.2 Å². The molecule has 0 saturated carbocycles. The molecule has 0 amide bonds. The van der Waals surface area contributed by atoms with Crippen molar-refractivity contribution in [3.63, 3.8) is 0 Å². The molecule has 0 aliphatic carbocycles. The zero-order valence-corrected chi connectivity index (χ0v) is 9.24. The fraction of sp³-hybridized carbons (Fsp3) is 0.400. The van der Waals surface area contributed by atoms with E-state index in [9.17, 15) is 13.2 Å². The molecule has 14 heavy (non-hydrogen) atoms. The number of hydrogen-bond acceptors (Lipinski definition) is 0. The minimum Gasteiger partial charge on any atom is -0.171 e. The molecular weight excluding hydrogens is 257 g/mol. The summed E-state index contributed by atoms with van der Waals surface area (Å²) in [5.41, 5.74) is 1.69. The van der Waals surface area contributed by atoms with Gasteiger partial charge in [-0.2, -0.15) is 13.2 Å². The summed E-state index contributed by atoms with van der Waals surface area (Å²) in [7, 11) is 0. The lowest BCUT2D eigenvalue weighted by Gasteiger charge is -2.07. The van der Waals surface area contributed by atoms with Crippen LogP contribution in [0.5, 0.6) is 0 Å². The number of rotatable bonds is 2. The van der Waals surface area contributed by atoms with Crippen LogP contribution in [-0.4, -0.2) is 6.18 Å². The zero-order valence-electron chi connectivity index (χ0n) is 7.66. The number of benzene rings is 1. The number of halogens is 4. The predicted octanol–water partition coefficient (Wildman–Crippen LogP) is 4.25. The van der Waals surface area contributed by atoms with E-state index in [0.29, 0.717) is 0 Å². The average Bonchev–Trinajstić information content (AvgIpc) is 2.06. The summed E-state index contributed by atoms with van der Waals surface area (Å²) in [4.78, 5) is 0. The molecule has 1 aromatic carbocycles. The highest BCUT2D eigenvalue weighted by molar-refractivity contribution is 9.10. The van der Waals surface area contributed by atoms with Crippen molar-refractivity contribution in [2.45, 2.75) is 25.9 Å². The van der Waals surface area contributed by atoms with E-state index in [-0.39, 0.29) is 6.42 Å². The van der Waals surface area contributed by atoms with Crippen molar-refractivity contribution in [3.8, 4) is 0 Å². The minimum atomic E-state index is -4.07. The molecule has 0 unspecified atom stereocenters. The van der Waals surface area contributed by atoms with Crippen molar-refractivity contribution in [3.05, 3.63) is 33.8 Å². The Balaban J connectivity index is 2.65. The summed E-state index contributed by atoms with van der Waals surface area (Å²) in [5.74, 6) is 0. The largest absolute Gasteiger partial charge is 0.389 e. The molecule has 0 aliphatic rings. The van der Waals surface area contributed by atoms with Gasteiger partial charge in [0.2, 0.25) is 0 Å². The van der Waals surface area contributed by atoms with E-state index in [2.05, 4.69) is 15.9 Å². The number of hydrogen-bond donors (Lipinski definition) is 0. The lowest BCUT2D eigenvalue weighted by molar-refractivity contribution is -0.133. The van der Waals surface area contributed by atoms with Crippen LogP contribution in [0.15, 0.2) is 22.7 Å². The van der Waals surface area contributed by atoms with Gasteiger partial charge in [0.05, 0.1) is 0 Å². The number of aryl methyl sites for hydroxylation is 2. The second-order valence-corrected chi connectivity index (χ2v) is 4.05. The molecule has 0 bridgehead atoms. The van der Waals surface area contributed by atoms with Gasteiger partial charge in [0.1, 0.15) is 0 Å². The Bertz CT molecular complexity index is 318. The molecule has 0 N–H and O–H groups in total. The summed E-state index contributed by atoms with van der Waals surface area (Å²) in [6.45, 7) is 1.86. The molecule has 0 radical (unpaired) electrons. The third kappa shape index (κ3) is 3.70. The van der Waals surface area contributed by atoms with Crippen LogP contribution in [0.25, 0.3) is 0 Å². The van der Waals surface area contributed by atoms with Crippen molar-refractivity contribution >= 4 is 15.9 Å². The first-order chi connectivity index (χ1) is 6.38. The van der Waals surface area contributed by atoms with Gasteiger partial charge in [0.15, 0.2) is 0 Å². The highest BCUT2D eigenvalue weighted by Gasteiger charge is 2.26. The molecule has 4 heteroatoms. The normalized spacial score (nSPS) is 11.8. The van der Waals surface area contributed by atoms with Gasteiger partial charge in [-0.05, 0) is 30.5 Å². The quantitative estimate of drug-likeness (QED) is 0.751. The van der Waals surface area contributed by atoms with E-state index in [4.69, 9.17) is 0 Å².